The largest absolute Gasteiger partial charge is 0.310 e. The lowest BCUT2D eigenvalue weighted by Gasteiger charge is -2.28. The second-order valence-corrected chi connectivity index (χ2v) is 23.9. The maximum Gasteiger partial charge on any atom is 0.0991 e. The zero-order valence-corrected chi connectivity index (χ0v) is 47.2. The smallest absolute Gasteiger partial charge is 0.0991 e. The van der Waals surface area contributed by atoms with E-state index in [4.69, 9.17) is 0 Å². The average Bonchev–Trinajstić information content (AvgIpc) is 3.92. The number of nitriles is 2. The molecule has 0 fully saturated rings. The molecule has 0 heterocycles. The van der Waals surface area contributed by atoms with Crippen LogP contribution in [0.1, 0.15) is 119 Å². The van der Waals surface area contributed by atoms with Crippen LogP contribution in [0.3, 0.4) is 0 Å². The Morgan fingerprint density at radius 2 is 0.556 bits per heavy atom. The van der Waals surface area contributed by atoms with E-state index >= 15 is 0 Å². The Balaban J connectivity index is 0.730. The zero-order valence-electron chi connectivity index (χ0n) is 47.2. The Bertz CT molecular complexity index is 4080. The maximum atomic E-state index is 9.55. The van der Waals surface area contributed by atoms with Crippen LogP contribution in [0.25, 0.3) is 57.7 Å². The van der Waals surface area contributed by atoms with Crippen LogP contribution < -0.4 is 9.80 Å². The summed E-state index contributed by atoms with van der Waals surface area (Å²) < 4.78 is 0. The third-order valence-corrected chi connectivity index (χ3v) is 17.6. The summed E-state index contributed by atoms with van der Waals surface area (Å²) in [5.74, 6) is 0. The van der Waals surface area contributed by atoms with Crippen LogP contribution in [0.5, 0.6) is 0 Å². The molecule has 0 amide bonds. The fraction of sp³-hybridized carbons (Fsp3) is 0.143. The quantitative estimate of drug-likeness (QED) is 0.128. The minimum atomic E-state index is -0.220. The second-order valence-electron chi connectivity index (χ2n) is 23.9. The van der Waals surface area contributed by atoms with E-state index in [1.807, 2.05) is 48.5 Å². The van der Waals surface area contributed by atoms with E-state index in [-0.39, 0.29) is 16.2 Å². The van der Waals surface area contributed by atoms with Gasteiger partial charge < -0.3 is 9.80 Å². The number of hydrogen-bond donors (Lipinski definition) is 0. The summed E-state index contributed by atoms with van der Waals surface area (Å²) in [7, 11) is 0. The molecule has 0 spiro atoms. The van der Waals surface area contributed by atoms with Crippen LogP contribution in [-0.4, -0.2) is 0 Å². The van der Waals surface area contributed by atoms with E-state index in [1.165, 1.54) is 100 Å². The van der Waals surface area contributed by atoms with E-state index in [2.05, 4.69) is 259 Å². The molecule has 0 aromatic heterocycles. The van der Waals surface area contributed by atoms with E-state index in [0.29, 0.717) is 11.1 Å². The normalized spacial score (nSPS) is 14.3. The van der Waals surface area contributed by atoms with Crippen LogP contribution >= 0.6 is 0 Å². The molecule has 3 aliphatic rings. The van der Waals surface area contributed by atoms with Gasteiger partial charge in [0.05, 0.1) is 23.3 Å². The molecule has 390 valence electrons. The summed E-state index contributed by atoms with van der Waals surface area (Å²) in [6.07, 6.45) is 9.08. The average molecular weight is 1040 g/mol. The highest BCUT2D eigenvalue weighted by molar-refractivity contribution is 5.90. The van der Waals surface area contributed by atoms with E-state index in [9.17, 15) is 10.5 Å². The van der Waals surface area contributed by atoms with Crippen molar-refractivity contribution in [1.29, 1.82) is 10.5 Å². The second kappa shape index (κ2) is 19.3. The summed E-state index contributed by atoms with van der Waals surface area (Å²) in [5, 5.41) is 19.1. The summed E-state index contributed by atoms with van der Waals surface area (Å²) in [6, 6.07) is 79.1. The Labute approximate surface area is 477 Å². The Morgan fingerprint density at radius 3 is 0.840 bits per heavy atom. The summed E-state index contributed by atoms with van der Waals surface area (Å²) in [4.78, 5) is 4.59. The highest BCUT2D eigenvalue weighted by atomic mass is 15.1. The zero-order chi connectivity index (χ0) is 56.0. The van der Waals surface area contributed by atoms with Crippen LogP contribution in [0.2, 0.25) is 0 Å². The van der Waals surface area contributed by atoms with Crippen molar-refractivity contribution in [2.45, 2.75) is 71.6 Å². The molecule has 0 saturated heterocycles. The van der Waals surface area contributed by atoms with Crippen LogP contribution in [-0.2, 0) is 16.2 Å². The van der Waals surface area contributed by atoms with E-state index in [0.717, 1.165) is 34.1 Å². The Kier molecular flexibility index (Phi) is 12.1. The number of nitrogens with zero attached hydrogens (tertiary/aromatic N) is 4. The number of anilines is 6. The predicted molar refractivity (Wildman–Crippen MR) is 338 cm³/mol. The number of fused-ring (bicyclic) bond motifs is 9. The number of rotatable bonds is 10. The van der Waals surface area contributed by atoms with Crippen molar-refractivity contribution in [3.63, 3.8) is 0 Å². The first-order valence-electron chi connectivity index (χ1n) is 28.1. The molecule has 3 aliphatic carbocycles. The summed E-state index contributed by atoms with van der Waals surface area (Å²) in [5.41, 5.74) is 29.9. The molecule has 4 heteroatoms. The molecule has 0 unspecified atom stereocenters. The first-order chi connectivity index (χ1) is 39.1. The third-order valence-electron chi connectivity index (χ3n) is 17.6. The minimum absolute atomic E-state index is 0.174. The molecule has 0 atom stereocenters. The molecular weight excluding hydrogens is 981 g/mol. The van der Waals surface area contributed by atoms with Crippen molar-refractivity contribution in [2.75, 3.05) is 9.80 Å². The molecule has 0 radical (unpaired) electrons. The van der Waals surface area contributed by atoms with Gasteiger partial charge in [0.15, 0.2) is 0 Å². The minimum Gasteiger partial charge on any atom is -0.310 e. The number of hydrogen-bond acceptors (Lipinski definition) is 4. The van der Waals surface area contributed by atoms with Gasteiger partial charge in [0.2, 0.25) is 0 Å². The van der Waals surface area contributed by atoms with Gasteiger partial charge in [0.25, 0.3) is 0 Å². The molecule has 4 nitrogen and oxygen atoms in total. The van der Waals surface area contributed by atoms with E-state index in [1.54, 1.807) is 0 Å². The van der Waals surface area contributed by atoms with Crippen molar-refractivity contribution in [3.8, 4) is 45.5 Å². The first kappa shape index (κ1) is 50.7. The standard InChI is InChI=1S/C77H62N4/c1-49-11-9-13-59(39-49)80(57-27-19-55(47-78)20-28-57)61-31-37-67-65-35-25-53(43-71(65)76(5,6)73(67)45-61)17-15-51-23-33-63-64-34-24-52(42-70(64)75(3,4)69(63)41-51)16-18-54-26-36-66-68-38-32-62(46-74(68)77(7,8)72(66)44-54)81(60-14-10-12-50(2)40-60)58-29-21-56(48-79)22-30-58/h9-46H,1-8H3/b17-15+,18-16+. The molecule has 10 aromatic carbocycles. The highest BCUT2D eigenvalue weighted by Gasteiger charge is 2.39. The third kappa shape index (κ3) is 8.68. The molecule has 0 bridgehead atoms. The lowest BCUT2D eigenvalue weighted by molar-refractivity contribution is 0.660. The number of aryl methyl sites for hydroxylation is 2. The predicted octanol–water partition coefficient (Wildman–Crippen LogP) is 20.2. The van der Waals surface area contributed by atoms with Gasteiger partial charge in [-0.25, -0.2) is 0 Å². The van der Waals surface area contributed by atoms with E-state index < -0.39 is 0 Å². The molecular formula is C77H62N4. The molecule has 0 aliphatic heterocycles. The van der Waals surface area contributed by atoms with Gasteiger partial charge in [-0.15, -0.1) is 0 Å². The van der Waals surface area contributed by atoms with Crippen LogP contribution in [0.15, 0.2) is 206 Å². The SMILES string of the molecule is Cc1cccc(N(c2ccc(C#N)cc2)c2ccc3c(c2)C(C)(C)c2cc(/C=C/c4ccc5c(c4)C(C)(C)c4cc(/C=C/c6ccc7c(c6)C(C)(C)c6cc(N(c8ccc(C#N)cc8)c8cccc(C)c8)ccc6-7)ccc4-5)ccc2-3)c1. The lowest BCUT2D eigenvalue weighted by atomic mass is 9.81. The molecule has 0 saturated carbocycles. The fourth-order valence-electron chi connectivity index (χ4n) is 13.1. The topological polar surface area (TPSA) is 54.1 Å². The Morgan fingerprint density at radius 1 is 0.296 bits per heavy atom. The molecule has 0 N–H and O–H groups in total. The van der Waals surface area contributed by atoms with Crippen molar-refractivity contribution in [3.05, 3.63) is 284 Å². The summed E-state index contributed by atoms with van der Waals surface area (Å²) >= 11 is 0. The Hall–Kier alpha value is -9.74. The summed E-state index contributed by atoms with van der Waals surface area (Å²) in [6.45, 7) is 18.4. The highest BCUT2D eigenvalue weighted by Crippen LogP contribution is 2.54. The van der Waals surface area contributed by atoms with Gasteiger partial charge in [-0.2, -0.15) is 10.5 Å². The van der Waals surface area contributed by atoms with Gasteiger partial charge in [-0.1, -0.05) is 175 Å². The van der Waals surface area contributed by atoms with Crippen molar-refractivity contribution >= 4 is 58.4 Å². The van der Waals surface area contributed by atoms with Crippen molar-refractivity contribution in [2.24, 2.45) is 0 Å². The van der Waals surface area contributed by atoms with Gasteiger partial charge in [0, 0.05) is 50.4 Å². The van der Waals surface area contributed by atoms with Crippen molar-refractivity contribution < 1.29 is 0 Å². The molecule has 13 rings (SSSR count). The van der Waals surface area contributed by atoms with Gasteiger partial charge >= 0.3 is 0 Å². The molecule has 10 aromatic rings. The first-order valence-corrected chi connectivity index (χ1v) is 28.1. The van der Waals surface area contributed by atoms with Crippen LogP contribution in [0, 0.1) is 36.5 Å². The molecule has 81 heavy (non-hydrogen) atoms. The van der Waals surface area contributed by atoms with Crippen molar-refractivity contribution in [1.82, 2.24) is 0 Å². The lowest BCUT2D eigenvalue weighted by Crippen LogP contribution is -2.16. The van der Waals surface area contributed by atoms with Gasteiger partial charge in [-0.05, 0) is 211 Å². The van der Waals surface area contributed by atoms with Gasteiger partial charge in [0.1, 0.15) is 0 Å². The maximum absolute atomic E-state index is 9.55. The van der Waals surface area contributed by atoms with Crippen LogP contribution in [0.4, 0.5) is 34.1 Å². The monoisotopic (exact) mass is 1040 g/mol. The number of benzene rings is 10. The fourth-order valence-corrected chi connectivity index (χ4v) is 13.1. The van der Waals surface area contributed by atoms with Gasteiger partial charge in [-0.3, -0.25) is 0 Å².